The van der Waals surface area contributed by atoms with Gasteiger partial charge in [0.15, 0.2) is 5.03 Å². The lowest BCUT2D eigenvalue weighted by molar-refractivity contribution is -0.147. The van der Waals surface area contributed by atoms with Crippen LogP contribution in [0.1, 0.15) is 26.7 Å². The molecule has 0 bridgehead atoms. The Morgan fingerprint density at radius 2 is 2.21 bits per heavy atom. The largest absolute Gasteiger partial charge is 0.468 e. The molecule has 0 radical (unpaired) electrons. The fourth-order valence-electron chi connectivity index (χ4n) is 1.80. The Balaban J connectivity index is 3.06. The van der Waals surface area contributed by atoms with Crippen LogP contribution in [0.3, 0.4) is 0 Å². The van der Waals surface area contributed by atoms with Gasteiger partial charge in [-0.3, -0.25) is 4.79 Å². The Kier molecular flexibility index (Phi) is 4.70. The van der Waals surface area contributed by atoms with E-state index in [1.54, 1.807) is 7.05 Å². The van der Waals surface area contributed by atoms with Gasteiger partial charge < -0.3 is 9.30 Å². The number of nitrogens with one attached hydrogen (secondary N) is 1. The molecule has 1 rings (SSSR count). The smallest absolute Gasteiger partial charge is 0.326 e. The highest BCUT2D eigenvalue weighted by atomic mass is 32.2. The minimum atomic E-state index is -3.86. The first kappa shape index (κ1) is 15.6. The van der Waals surface area contributed by atoms with Crippen molar-refractivity contribution in [3.63, 3.8) is 0 Å². The van der Waals surface area contributed by atoms with Crippen molar-refractivity contribution in [1.82, 2.24) is 14.3 Å². The van der Waals surface area contributed by atoms with E-state index >= 15 is 0 Å². The fraction of sp³-hybridized carbons (Fsp3) is 0.636. The van der Waals surface area contributed by atoms with E-state index in [2.05, 4.69) is 14.4 Å². The maximum absolute atomic E-state index is 12.2. The number of carbonyl (C=O) groups is 1. The Bertz CT molecular complexity index is 552. The highest BCUT2D eigenvalue weighted by Crippen LogP contribution is 2.18. The molecule has 1 N–H and O–H groups in total. The molecule has 0 aliphatic heterocycles. The zero-order valence-corrected chi connectivity index (χ0v) is 12.3. The van der Waals surface area contributed by atoms with Gasteiger partial charge in [-0.15, -0.1) is 0 Å². The van der Waals surface area contributed by atoms with E-state index in [0.717, 1.165) is 0 Å². The number of carbonyl (C=O) groups excluding carboxylic acids is 1. The zero-order valence-electron chi connectivity index (χ0n) is 11.5. The number of ether oxygens (including phenoxy) is 1. The van der Waals surface area contributed by atoms with Crippen LogP contribution in [0.15, 0.2) is 17.6 Å². The Hall–Kier alpha value is -1.41. The molecule has 8 heteroatoms. The van der Waals surface area contributed by atoms with E-state index in [1.165, 1.54) is 31.1 Å². The van der Waals surface area contributed by atoms with Crippen LogP contribution >= 0.6 is 0 Å². The first-order valence-corrected chi connectivity index (χ1v) is 7.34. The lowest BCUT2D eigenvalue weighted by Gasteiger charge is -2.26. The first-order valence-electron chi connectivity index (χ1n) is 5.85. The summed E-state index contributed by atoms with van der Waals surface area (Å²) < 4.78 is 32.9. The van der Waals surface area contributed by atoms with Crippen LogP contribution in [0.4, 0.5) is 0 Å². The number of sulfonamides is 1. The molecule has 0 spiro atoms. The predicted octanol–water partition coefficient (Wildman–Crippen LogP) is 0.430. The maximum atomic E-state index is 12.2. The molecule has 0 aliphatic carbocycles. The van der Waals surface area contributed by atoms with E-state index in [-0.39, 0.29) is 5.03 Å². The molecule has 108 valence electrons. The summed E-state index contributed by atoms with van der Waals surface area (Å²) in [6.07, 6.45) is 3.72. The molecule has 19 heavy (non-hydrogen) atoms. The van der Waals surface area contributed by atoms with Gasteiger partial charge in [0.1, 0.15) is 5.54 Å². The van der Waals surface area contributed by atoms with E-state index in [4.69, 9.17) is 0 Å². The second kappa shape index (κ2) is 5.70. The van der Waals surface area contributed by atoms with Crippen molar-refractivity contribution < 1.29 is 17.9 Å². The van der Waals surface area contributed by atoms with Crippen molar-refractivity contribution in [3.05, 3.63) is 12.5 Å². The van der Waals surface area contributed by atoms with Gasteiger partial charge in [0.05, 0.1) is 13.4 Å². The number of aromatic nitrogens is 2. The second-order valence-electron chi connectivity index (χ2n) is 4.56. The van der Waals surface area contributed by atoms with Crippen molar-refractivity contribution in [2.75, 3.05) is 7.11 Å². The summed E-state index contributed by atoms with van der Waals surface area (Å²) in [4.78, 5) is 15.5. The van der Waals surface area contributed by atoms with Gasteiger partial charge >= 0.3 is 5.97 Å². The quantitative estimate of drug-likeness (QED) is 0.767. The number of rotatable bonds is 6. The van der Waals surface area contributed by atoms with Gasteiger partial charge in [-0.1, -0.05) is 13.3 Å². The van der Waals surface area contributed by atoms with Gasteiger partial charge in [0, 0.05) is 13.2 Å². The average Bonchev–Trinajstić information content (AvgIpc) is 2.75. The number of methoxy groups -OCH3 is 1. The number of hydrogen-bond acceptors (Lipinski definition) is 5. The van der Waals surface area contributed by atoms with Crippen molar-refractivity contribution in [2.45, 2.75) is 37.3 Å². The third-order valence-corrected chi connectivity index (χ3v) is 4.18. The van der Waals surface area contributed by atoms with Crippen LogP contribution in [-0.4, -0.2) is 36.6 Å². The molecule has 0 aliphatic rings. The summed E-state index contributed by atoms with van der Waals surface area (Å²) >= 11 is 0. The lowest BCUT2D eigenvalue weighted by Crippen LogP contribution is -2.52. The van der Waals surface area contributed by atoms with Crippen LogP contribution < -0.4 is 4.72 Å². The van der Waals surface area contributed by atoms with Crippen LogP contribution in [0, 0.1) is 0 Å². The Morgan fingerprint density at radius 3 is 2.63 bits per heavy atom. The molecule has 0 aromatic carbocycles. The minimum absolute atomic E-state index is 0.124. The molecule has 7 nitrogen and oxygen atoms in total. The average molecular weight is 289 g/mol. The van der Waals surface area contributed by atoms with E-state index < -0.39 is 21.5 Å². The van der Waals surface area contributed by atoms with Gasteiger partial charge in [-0.2, -0.15) is 4.72 Å². The lowest BCUT2D eigenvalue weighted by atomic mass is 9.98. The predicted molar refractivity (Wildman–Crippen MR) is 68.9 cm³/mol. The maximum Gasteiger partial charge on any atom is 0.326 e. The van der Waals surface area contributed by atoms with E-state index in [9.17, 15) is 13.2 Å². The SMILES string of the molecule is CCCC(C)(NS(=O)(=O)c1cn(C)cn1)C(=O)OC. The summed E-state index contributed by atoms with van der Waals surface area (Å²) in [6, 6.07) is 0. The third kappa shape index (κ3) is 3.54. The van der Waals surface area contributed by atoms with E-state index in [1.807, 2.05) is 6.92 Å². The molecule has 1 atom stereocenters. The summed E-state index contributed by atoms with van der Waals surface area (Å²) in [7, 11) is -0.965. The monoisotopic (exact) mass is 289 g/mol. The summed E-state index contributed by atoms with van der Waals surface area (Å²) in [5.74, 6) is -0.617. The van der Waals surface area contributed by atoms with E-state index in [0.29, 0.717) is 12.8 Å². The highest BCUT2D eigenvalue weighted by Gasteiger charge is 2.38. The normalized spacial score (nSPS) is 14.9. The van der Waals surface area contributed by atoms with Crippen LogP contribution in [-0.2, 0) is 26.6 Å². The molecule has 1 unspecified atom stereocenters. The standard InChI is InChI=1S/C11H19N3O4S/c1-5-6-11(2,10(15)18-4)13-19(16,17)9-7-14(3)8-12-9/h7-8,13H,5-6H2,1-4H3. The molecule has 1 aromatic rings. The van der Waals surface area contributed by atoms with Crippen molar-refractivity contribution in [1.29, 1.82) is 0 Å². The summed E-state index contributed by atoms with van der Waals surface area (Å²) in [6.45, 7) is 3.36. The highest BCUT2D eigenvalue weighted by molar-refractivity contribution is 7.89. The number of aryl methyl sites for hydroxylation is 1. The van der Waals surface area contributed by atoms with Crippen molar-refractivity contribution in [3.8, 4) is 0 Å². The molecule has 0 fully saturated rings. The van der Waals surface area contributed by atoms with Crippen molar-refractivity contribution in [2.24, 2.45) is 7.05 Å². The molecule has 0 saturated carbocycles. The molecule has 1 heterocycles. The van der Waals surface area contributed by atoms with Crippen LogP contribution in [0.2, 0.25) is 0 Å². The zero-order chi connectivity index (χ0) is 14.7. The first-order chi connectivity index (χ1) is 8.75. The number of hydrogen-bond donors (Lipinski definition) is 1. The topological polar surface area (TPSA) is 90.3 Å². The molecule has 0 amide bonds. The number of nitrogens with zero attached hydrogens (tertiary/aromatic N) is 2. The van der Waals surface area contributed by atoms with Gasteiger partial charge in [-0.25, -0.2) is 13.4 Å². The van der Waals surface area contributed by atoms with Gasteiger partial charge in [0.2, 0.25) is 0 Å². The molecule has 0 saturated heterocycles. The summed E-state index contributed by atoms with van der Waals surface area (Å²) in [5.41, 5.74) is -1.29. The number of esters is 1. The van der Waals surface area contributed by atoms with Crippen LogP contribution in [0.25, 0.3) is 0 Å². The van der Waals surface area contributed by atoms with Gasteiger partial charge in [-0.05, 0) is 13.3 Å². The van der Waals surface area contributed by atoms with Crippen LogP contribution in [0.5, 0.6) is 0 Å². The summed E-state index contributed by atoms with van der Waals surface area (Å²) in [5, 5.41) is -0.124. The second-order valence-corrected chi connectivity index (χ2v) is 6.19. The molecular formula is C11H19N3O4S. The fourth-order valence-corrected chi connectivity index (χ4v) is 3.17. The molecular weight excluding hydrogens is 270 g/mol. The Morgan fingerprint density at radius 1 is 1.58 bits per heavy atom. The van der Waals surface area contributed by atoms with Gasteiger partial charge in [0.25, 0.3) is 10.0 Å². The Labute approximate surface area is 113 Å². The number of imidazole rings is 1. The third-order valence-electron chi connectivity index (χ3n) is 2.70. The minimum Gasteiger partial charge on any atom is -0.468 e. The molecule has 1 aromatic heterocycles. The van der Waals surface area contributed by atoms with Crippen molar-refractivity contribution >= 4 is 16.0 Å².